The van der Waals surface area contributed by atoms with Gasteiger partial charge in [-0.2, -0.15) is 0 Å². The summed E-state index contributed by atoms with van der Waals surface area (Å²) in [5, 5.41) is 9.63. The molecular formula is C10H14BrNO2. The maximum absolute atomic E-state index is 9.63. The Balaban J connectivity index is 3.01. The second-order valence-electron chi connectivity index (χ2n) is 3.03. The van der Waals surface area contributed by atoms with E-state index in [1.807, 2.05) is 18.2 Å². The van der Waals surface area contributed by atoms with Gasteiger partial charge in [-0.3, -0.25) is 0 Å². The normalized spacial score (nSPS) is 12.9. The van der Waals surface area contributed by atoms with Crippen molar-refractivity contribution in [2.75, 3.05) is 13.7 Å². The first-order valence-corrected chi connectivity index (χ1v) is 5.13. The van der Waals surface area contributed by atoms with E-state index in [1.54, 1.807) is 7.11 Å². The van der Waals surface area contributed by atoms with Crippen molar-refractivity contribution >= 4 is 15.9 Å². The number of hydrogen-bond acceptors (Lipinski definition) is 3. The fourth-order valence-electron chi connectivity index (χ4n) is 1.31. The van der Waals surface area contributed by atoms with Gasteiger partial charge in [-0.25, -0.2) is 0 Å². The molecule has 0 radical (unpaired) electrons. The second kappa shape index (κ2) is 5.46. The van der Waals surface area contributed by atoms with Gasteiger partial charge >= 0.3 is 0 Å². The third-order valence-corrected chi connectivity index (χ3v) is 2.48. The Bertz CT molecular complexity index is 304. The van der Waals surface area contributed by atoms with Crippen molar-refractivity contribution in [2.24, 2.45) is 5.73 Å². The average Bonchev–Trinajstić information content (AvgIpc) is 2.17. The zero-order valence-electron chi connectivity index (χ0n) is 8.03. The van der Waals surface area contributed by atoms with Crippen molar-refractivity contribution < 1.29 is 9.84 Å². The maximum atomic E-state index is 9.63. The molecule has 78 valence electrons. The number of benzene rings is 1. The van der Waals surface area contributed by atoms with Crippen LogP contribution < -0.4 is 5.73 Å². The molecule has 0 amide bonds. The van der Waals surface area contributed by atoms with Gasteiger partial charge in [-0.1, -0.05) is 22.0 Å². The van der Waals surface area contributed by atoms with Crippen LogP contribution in [-0.2, 0) is 11.3 Å². The number of rotatable bonds is 4. The molecule has 1 aromatic rings. The summed E-state index contributed by atoms with van der Waals surface area (Å²) >= 11 is 3.37. The lowest BCUT2D eigenvalue weighted by Crippen LogP contribution is -2.13. The molecule has 0 saturated carbocycles. The third-order valence-electron chi connectivity index (χ3n) is 1.99. The molecule has 0 bridgehead atoms. The Morgan fingerprint density at radius 1 is 1.57 bits per heavy atom. The summed E-state index contributed by atoms with van der Waals surface area (Å²) in [7, 11) is 1.62. The lowest BCUT2D eigenvalue weighted by Gasteiger charge is -2.13. The highest BCUT2D eigenvalue weighted by molar-refractivity contribution is 9.10. The first kappa shape index (κ1) is 11.7. The van der Waals surface area contributed by atoms with E-state index < -0.39 is 6.10 Å². The van der Waals surface area contributed by atoms with Gasteiger partial charge in [0.25, 0.3) is 0 Å². The smallest absolute Gasteiger partial charge is 0.0915 e. The Morgan fingerprint density at radius 3 is 2.86 bits per heavy atom. The Morgan fingerprint density at radius 2 is 2.29 bits per heavy atom. The predicted octanol–water partition coefficient (Wildman–Crippen LogP) is 1.59. The van der Waals surface area contributed by atoms with E-state index in [0.29, 0.717) is 6.61 Å². The SMILES string of the molecule is COCc1cc(Br)ccc1C(O)CN. The molecular weight excluding hydrogens is 246 g/mol. The fourth-order valence-corrected chi connectivity index (χ4v) is 1.72. The molecule has 14 heavy (non-hydrogen) atoms. The first-order chi connectivity index (χ1) is 6.69. The molecule has 0 aromatic heterocycles. The molecule has 3 nitrogen and oxygen atoms in total. The molecule has 1 unspecified atom stereocenters. The molecule has 0 aliphatic carbocycles. The first-order valence-electron chi connectivity index (χ1n) is 4.34. The van der Waals surface area contributed by atoms with Crippen LogP contribution in [0.4, 0.5) is 0 Å². The highest BCUT2D eigenvalue weighted by Gasteiger charge is 2.10. The summed E-state index contributed by atoms with van der Waals surface area (Å²) in [6.07, 6.45) is -0.617. The predicted molar refractivity (Wildman–Crippen MR) is 58.9 cm³/mol. The molecule has 0 saturated heterocycles. The highest BCUT2D eigenvalue weighted by Crippen LogP contribution is 2.22. The van der Waals surface area contributed by atoms with Crippen LogP contribution >= 0.6 is 15.9 Å². The minimum atomic E-state index is -0.617. The van der Waals surface area contributed by atoms with Crippen molar-refractivity contribution in [2.45, 2.75) is 12.7 Å². The molecule has 1 rings (SSSR count). The van der Waals surface area contributed by atoms with Crippen LogP contribution in [-0.4, -0.2) is 18.8 Å². The van der Waals surface area contributed by atoms with E-state index in [0.717, 1.165) is 15.6 Å². The summed E-state index contributed by atoms with van der Waals surface area (Å²) in [6.45, 7) is 0.699. The Hall–Kier alpha value is -0.420. The van der Waals surface area contributed by atoms with Gasteiger partial charge in [0.1, 0.15) is 0 Å². The van der Waals surface area contributed by atoms with Gasteiger partial charge in [0.15, 0.2) is 0 Å². The summed E-state index contributed by atoms with van der Waals surface area (Å²) in [5.74, 6) is 0. The number of nitrogens with two attached hydrogens (primary N) is 1. The molecule has 1 aromatic carbocycles. The van der Waals surface area contributed by atoms with Gasteiger partial charge in [-0.15, -0.1) is 0 Å². The molecule has 3 N–H and O–H groups in total. The number of ether oxygens (including phenoxy) is 1. The molecule has 0 fully saturated rings. The molecule has 0 aliphatic heterocycles. The zero-order valence-corrected chi connectivity index (χ0v) is 9.62. The van der Waals surface area contributed by atoms with E-state index in [1.165, 1.54) is 0 Å². The average molecular weight is 260 g/mol. The second-order valence-corrected chi connectivity index (χ2v) is 3.94. The molecule has 0 heterocycles. The zero-order chi connectivity index (χ0) is 10.6. The molecule has 4 heteroatoms. The minimum absolute atomic E-state index is 0.221. The van der Waals surface area contributed by atoms with Gasteiger partial charge in [-0.05, 0) is 23.3 Å². The number of aliphatic hydroxyl groups excluding tert-OH is 1. The van der Waals surface area contributed by atoms with Gasteiger partial charge in [0, 0.05) is 18.1 Å². The Kier molecular flexibility index (Phi) is 4.54. The summed E-state index contributed by atoms with van der Waals surface area (Å²) in [5.41, 5.74) is 7.19. The van der Waals surface area contributed by atoms with Crippen LogP contribution in [0.2, 0.25) is 0 Å². The number of hydrogen-bond donors (Lipinski definition) is 2. The van der Waals surface area contributed by atoms with Crippen LogP contribution in [0.15, 0.2) is 22.7 Å². The maximum Gasteiger partial charge on any atom is 0.0915 e. The number of methoxy groups -OCH3 is 1. The van der Waals surface area contributed by atoms with E-state index in [2.05, 4.69) is 15.9 Å². The van der Waals surface area contributed by atoms with E-state index in [-0.39, 0.29) is 6.54 Å². The van der Waals surface area contributed by atoms with E-state index in [9.17, 15) is 5.11 Å². The standard InChI is InChI=1S/C10H14BrNO2/c1-14-6-7-4-8(11)2-3-9(7)10(13)5-12/h2-4,10,13H,5-6,12H2,1H3. The third kappa shape index (κ3) is 2.78. The summed E-state index contributed by atoms with van der Waals surface area (Å²) in [6, 6.07) is 5.67. The molecule has 0 aliphatic rings. The van der Waals surface area contributed by atoms with Crippen molar-refractivity contribution in [1.82, 2.24) is 0 Å². The molecule has 1 atom stereocenters. The topological polar surface area (TPSA) is 55.5 Å². The lowest BCUT2D eigenvalue weighted by molar-refractivity contribution is 0.166. The van der Waals surface area contributed by atoms with E-state index >= 15 is 0 Å². The van der Waals surface area contributed by atoms with Crippen molar-refractivity contribution in [3.8, 4) is 0 Å². The van der Waals surface area contributed by atoms with Crippen LogP contribution in [0, 0.1) is 0 Å². The number of halogens is 1. The fraction of sp³-hybridized carbons (Fsp3) is 0.400. The van der Waals surface area contributed by atoms with Gasteiger partial charge in [0.2, 0.25) is 0 Å². The van der Waals surface area contributed by atoms with E-state index in [4.69, 9.17) is 10.5 Å². The van der Waals surface area contributed by atoms with Crippen molar-refractivity contribution in [3.63, 3.8) is 0 Å². The number of aliphatic hydroxyl groups is 1. The molecule has 0 spiro atoms. The van der Waals surface area contributed by atoms with Crippen molar-refractivity contribution in [3.05, 3.63) is 33.8 Å². The Labute approximate surface area is 92.0 Å². The van der Waals surface area contributed by atoms with Crippen LogP contribution in [0.25, 0.3) is 0 Å². The van der Waals surface area contributed by atoms with Gasteiger partial charge < -0.3 is 15.6 Å². The van der Waals surface area contributed by atoms with Crippen LogP contribution in [0.3, 0.4) is 0 Å². The highest BCUT2D eigenvalue weighted by atomic mass is 79.9. The monoisotopic (exact) mass is 259 g/mol. The minimum Gasteiger partial charge on any atom is -0.387 e. The summed E-state index contributed by atoms with van der Waals surface area (Å²) < 4.78 is 6.02. The van der Waals surface area contributed by atoms with Gasteiger partial charge in [0.05, 0.1) is 12.7 Å². The van der Waals surface area contributed by atoms with Crippen molar-refractivity contribution in [1.29, 1.82) is 0 Å². The van der Waals surface area contributed by atoms with Crippen LogP contribution in [0.5, 0.6) is 0 Å². The summed E-state index contributed by atoms with van der Waals surface area (Å²) in [4.78, 5) is 0. The quantitative estimate of drug-likeness (QED) is 0.864. The van der Waals surface area contributed by atoms with Crippen LogP contribution in [0.1, 0.15) is 17.2 Å². The largest absolute Gasteiger partial charge is 0.387 e. The lowest BCUT2D eigenvalue weighted by atomic mass is 10.0.